The van der Waals surface area contributed by atoms with Gasteiger partial charge >= 0.3 is 6.09 Å². The summed E-state index contributed by atoms with van der Waals surface area (Å²) >= 11 is 3.36. The third kappa shape index (κ3) is 4.87. The molecule has 0 aliphatic rings. The van der Waals surface area contributed by atoms with Crippen molar-refractivity contribution in [3.8, 4) is 5.75 Å². The maximum absolute atomic E-state index is 11.4. The molecule has 1 rings (SSSR count). The highest BCUT2D eigenvalue weighted by molar-refractivity contribution is 9.10. The quantitative estimate of drug-likeness (QED) is 0.780. The molecule has 0 saturated carbocycles. The molecule has 4 nitrogen and oxygen atoms in total. The molecular formula is C13H16BrNO3. The van der Waals surface area contributed by atoms with Crippen molar-refractivity contribution >= 4 is 28.2 Å². The molecule has 0 bridgehead atoms. The Labute approximate surface area is 115 Å². The summed E-state index contributed by atoms with van der Waals surface area (Å²) in [6.07, 6.45) is 0.854. The minimum absolute atomic E-state index is 0.533. The van der Waals surface area contributed by atoms with E-state index in [1.807, 2.05) is 6.07 Å². The van der Waals surface area contributed by atoms with Crippen LogP contribution in [0.3, 0.4) is 0 Å². The zero-order chi connectivity index (χ0) is 13.8. The van der Waals surface area contributed by atoms with Crippen molar-refractivity contribution in [1.82, 2.24) is 0 Å². The lowest BCUT2D eigenvalue weighted by atomic mass is 10.2. The van der Waals surface area contributed by atoms with Gasteiger partial charge < -0.3 is 9.47 Å². The fourth-order valence-corrected chi connectivity index (χ4v) is 1.74. The standard InChI is InChI=1S/C13H16BrNO3/c1-13(2,3)18-12(16)15-8-9-5-6-11(17-4)10(14)7-9/h5-8H,1-4H3. The van der Waals surface area contributed by atoms with Crippen molar-refractivity contribution in [3.63, 3.8) is 0 Å². The molecule has 0 spiro atoms. The number of carbonyl (C=O) groups is 1. The normalized spacial score (nSPS) is 11.6. The van der Waals surface area contributed by atoms with Crippen LogP contribution in [0.15, 0.2) is 27.7 Å². The van der Waals surface area contributed by atoms with E-state index in [1.54, 1.807) is 40.0 Å². The Morgan fingerprint density at radius 1 is 1.39 bits per heavy atom. The lowest BCUT2D eigenvalue weighted by molar-refractivity contribution is 0.0605. The van der Waals surface area contributed by atoms with Gasteiger partial charge in [0, 0.05) is 6.21 Å². The summed E-state index contributed by atoms with van der Waals surface area (Å²) in [6, 6.07) is 5.41. The molecule has 1 aromatic carbocycles. The summed E-state index contributed by atoms with van der Waals surface area (Å²) < 4.78 is 11.0. The van der Waals surface area contributed by atoms with E-state index >= 15 is 0 Å². The topological polar surface area (TPSA) is 47.9 Å². The first-order valence-corrected chi connectivity index (χ1v) is 6.22. The van der Waals surface area contributed by atoms with E-state index in [0.29, 0.717) is 0 Å². The van der Waals surface area contributed by atoms with Crippen LogP contribution >= 0.6 is 15.9 Å². The lowest BCUT2D eigenvalue weighted by Crippen LogP contribution is -2.21. The molecule has 0 N–H and O–H groups in total. The molecule has 0 aliphatic heterocycles. The minimum atomic E-state index is -0.602. The van der Waals surface area contributed by atoms with Crippen molar-refractivity contribution in [2.45, 2.75) is 26.4 Å². The Balaban J connectivity index is 2.73. The first-order chi connectivity index (χ1) is 8.31. The summed E-state index contributed by atoms with van der Waals surface area (Å²) in [5, 5.41) is 0. The molecule has 18 heavy (non-hydrogen) atoms. The van der Waals surface area contributed by atoms with Crippen LogP contribution in [0.25, 0.3) is 0 Å². The van der Waals surface area contributed by atoms with E-state index < -0.39 is 11.7 Å². The number of hydrogen-bond acceptors (Lipinski definition) is 3. The number of carbonyl (C=O) groups excluding carboxylic acids is 1. The van der Waals surface area contributed by atoms with Crippen LogP contribution < -0.4 is 4.74 Å². The van der Waals surface area contributed by atoms with Gasteiger partial charge in [0.2, 0.25) is 0 Å². The van der Waals surface area contributed by atoms with Gasteiger partial charge in [-0.3, -0.25) is 0 Å². The summed E-state index contributed by atoms with van der Waals surface area (Å²) in [4.78, 5) is 15.1. The predicted molar refractivity (Wildman–Crippen MR) is 74.5 cm³/mol. The number of halogens is 1. The molecule has 1 amide bonds. The average Bonchev–Trinajstić information content (AvgIpc) is 2.24. The first-order valence-electron chi connectivity index (χ1n) is 5.42. The number of rotatable bonds is 2. The van der Waals surface area contributed by atoms with Crippen LogP contribution in [0.1, 0.15) is 26.3 Å². The van der Waals surface area contributed by atoms with Crippen molar-refractivity contribution in [1.29, 1.82) is 0 Å². The molecule has 0 unspecified atom stereocenters. The Bertz CT molecular complexity index is 464. The van der Waals surface area contributed by atoms with Crippen molar-refractivity contribution in [2.24, 2.45) is 4.99 Å². The van der Waals surface area contributed by atoms with E-state index in [9.17, 15) is 4.79 Å². The van der Waals surface area contributed by atoms with Gasteiger partial charge in [0.25, 0.3) is 0 Å². The second-order valence-corrected chi connectivity index (χ2v) is 5.49. The molecule has 0 heterocycles. The van der Waals surface area contributed by atoms with E-state index in [-0.39, 0.29) is 0 Å². The number of nitrogens with zero attached hydrogens (tertiary/aromatic N) is 1. The van der Waals surface area contributed by atoms with Gasteiger partial charge in [0.1, 0.15) is 11.4 Å². The number of methoxy groups -OCH3 is 1. The van der Waals surface area contributed by atoms with Crippen LogP contribution in [0.2, 0.25) is 0 Å². The zero-order valence-corrected chi connectivity index (χ0v) is 12.4. The molecular weight excluding hydrogens is 298 g/mol. The molecule has 0 radical (unpaired) electrons. The SMILES string of the molecule is COc1ccc(C=NC(=O)OC(C)(C)C)cc1Br. The maximum Gasteiger partial charge on any atom is 0.434 e. The summed E-state index contributed by atoms with van der Waals surface area (Å²) in [7, 11) is 1.59. The molecule has 1 aromatic rings. The molecule has 0 aliphatic carbocycles. The first kappa shape index (κ1) is 14.7. The Morgan fingerprint density at radius 2 is 2.06 bits per heavy atom. The van der Waals surface area contributed by atoms with Crippen LogP contribution in [-0.2, 0) is 4.74 Å². The highest BCUT2D eigenvalue weighted by Gasteiger charge is 2.14. The Kier molecular flexibility index (Phi) is 4.90. The van der Waals surface area contributed by atoms with Gasteiger partial charge in [-0.05, 0) is 60.5 Å². The zero-order valence-electron chi connectivity index (χ0n) is 10.9. The molecule has 0 atom stereocenters. The van der Waals surface area contributed by atoms with E-state index in [0.717, 1.165) is 15.8 Å². The van der Waals surface area contributed by atoms with Crippen molar-refractivity contribution < 1.29 is 14.3 Å². The smallest absolute Gasteiger partial charge is 0.434 e. The van der Waals surface area contributed by atoms with E-state index in [4.69, 9.17) is 9.47 Å². The van der Waals surface area contributed by atoms with Crippen molar-refractivity contribution in [3.05, 3.63) is 28.2 Å². The highest BCUT2D eigenvalue weighted by atomic mass is 79.9. The second-order valence-electron chi connectivity index (χ2n) is 4.63. The number of aliphatic imine (C=N–C) groups is 1. The third-order valence-electron chi connectivity index (χ3n) is 1.89. The van der Waals surface area contributed by atoms with Crippen LogP contribution in [0.5, 0.6) is 5.75 Å². The number of amides is 1. The largest absolute Gasteiger partial charge is 0.496 e. The third-order valence-corrected chi connectivity index (χ3v) is 2.51. The summed E-state index contributed by atoms with van der Waals surface area (Å²) in [5.74, 6) is 0.726. The van der Waals surface area contributed by atoms with Gasteiger partial charge in [-0.1, -0.05) is 0 Å². The molecule has 0 saturated heterocycles. The number of hydrogen-bond donors (Lipinski definition) is 0. The van der Waals surface area contributed by atoms with Gasteiger partial charge in [-0.2, -0.15) is 4.99 Å². The van der Waals surface area contributed by atoms with Gasteiger partial charge in [-0.15, -0.1) is 0 Å². The van der Waals surface area contributed by atoms with Crippen LogP contribution in [0.4, 0.5) is 4.79 Å². The van der Waals surface area contributed by atoms with E-state index in [2.05, 4.69) is 20.9 Å². The Morgan fingerprint density at radius 3 is 2.56 bits per heavy atom. The lowest BCUT2D eigenvalue weighted by Gasteiger charge is -2.17. The number of ether oxygens (including phenoxy) is 2. The van der Waals surface area contributed by atoms with E-state index in [1.165, 1.54) is 6.21 Å². The molecule has 5 heteroatoms. The monoisotopic (exact) mass is 313 g/mol. The molecule has 98 valence electrons. The summed E-state index contributed by atoms with van der Waals surface area (Å²) in [6.45, 7) is 5.39. The van der Waals surface area contributed by atoms with Crippen LogP contribution in [-0.4, -0.2) is 25.0 Å². The van der Waals surface area contributed by atoms with Gasteiger partial charge in [0.05, 0.1) is 11.6 Å². The number of benzene rings is 1. The Hall–Kier alpha value is -1.36. The summed E-state index contributed by atoms with van der Waals surface area (Å²) in [5.41, 5.74) is 0.253. The van der Waals surface area contributed by atoms with Crippen LogP contribution in [0, 0.1) is 0 Å². The fraction of sp³-hybridized carbons (Fsp3) is 0.385. The molecule has 0 aromatic heterocycles. The maximum atomic E-state index is 11.4. The van der Waals surface area contributed by atoms with Gasteiger partial charge in [0.15, 0.2) is 0 Å². The van der Waals surface area contributed by atoms with Gasteiger partial charge in [-0.25, -0.2) is 4.79 Å². The predicted octanol–water partition coefficient (Wildman–Crippen LogP) is 3.81. The highest BCUT2D eigenvalue weighted by Crippen LogP contribution is 2.24. The van der Waals surface area contributed by atoms with Crippen molar-refractivity contribution in [2.75, 3.05) is 7.11 Å². The molecule has 0 fully saturated rings. The fourth-order valence-electron chi connectivity index (χ4n) is 1.18. The second kappa shape index (κ2) is 6.00. The average molecular weight is 314 g/mol. The minimum Gasteiger partial charge on any atom is -0.496 e.